The van der Waals surface area contributed by atoms with E-state index in [0.29, 0.717) is 11.9 Å². The van der Waals surface area contributed by atoms with Crippen LogP contribution in [0.2, 0.25) is 0 Å². The molecule has 0 aromatic carbocycles. The summed E-state index contributed by atoms with van der Waals surface area (Å²) in [5, 5.41) is 5.56. The van der Waals surface area contributed by atoms with Gasteiger partial charge in [-0.05, 0) is 12.8 Å². The minimum absolute atomic E-state index is 0.118. The second kappa shape index (κ2) is 6.15. The van der Waals surface area contributed by atoms with E-state index in [4.69, 9.17) is 0 Å². The van der Waals surface area contributed by atoms with Gasteiger partial charge >= 0.3 is 0 Å². The summed E-state index contributed by atoms with van der Waals surface area (Å²) in [5.41, 5.74) is 2.80. The van der Waals surface area contributed by atoms with E-state index in [1.807, 2.05) is 5.51 Å². The van der Waals surface area contributed by atoms with Gasteiger partial charge in [0.25, 0.3) is 5.56 Å². The minimum atomic E-state index is -0.118. The second-order valence-electron chi connectivity index (χ2n) is 4.89. The first-order valence-corrected chi connectivity index (χ1v) is 7.66. The minimum Gasteiger partial charge on any atom is -0.350 e. The van der Waals surface area contributed by atoms with Crippen molar-refractivity contribution in [3.8, 4) is 0 Å². The molecule has 3 rings (SSSR count). The maximum Gasteiger partial charge on any atom is 0.290 e. The van der Waals surface area contributed by atoms with Crippen LogP contribution in [0.3, 0.4) is 0 Å². The van der Waals surface area contributed by atoms with Crippen molar-refractivity contribution >= 4 is 17.2 Å². The molecular formula is C13H17N5OS. The van der Waals surface area contributed by atoms with E-state index < -0.39 is 0 Å². The molecule has 1 saturated heterocycles. The number of thiazole rings is 1. The molecular weight excluding hydrogens is 274 g/mol. The van der Waals surface area contributed by atoms with Gasteiger partial charge in [-0.25, -0.2) is 9.97 Å². The number of hydrogen-bond acceptors (Lipinski definition) is 6. The molecule has 2 aromatic rings. The highest BCUT2D eigenvalue weighted by Crippen LogP contribution is 2.14. The molecule has 7 heteroatoms. The molecule has 0 spiro atoms. The van der Waals surface area contributed by atoms with Crippen molar-refractivity contribution in [2.24, 2.45) is 0 Å². The fourth-order valence-corrected chi connectivity index (χ4v) is 3.04. The van der Waals surface area contributed by atoms with Crippen molar-refractivity contribution in [2.75, 3.05) is 18.0 Å². The lowest BCUT2D eigenvalue weighted by Crippen LogP contribution is -2.47. The van der Waals surface area contributed by atoms with E-state index >= 15 is 0 Å². The SMILES string of the molecule is O=c1[nH]ccnc1N1CCC[C@@H](NCc2cscn2)C1. The van der Waals surface area contributed by atoms with Gasteiger partial charge in [0.15, 0.2) is 5.82 Å². The molecule has 0 unspecified atom stereocenters. The van der Waals surface area contributed by atoms with Gasteiger partial charge in [-0.3, -0.25) is 4.79 Å². The van der Waals surface area contributed by atoms with Crippen LogP contribution in [0.5, 0.6) is 0 Å². The first-order valence-electron chi connectivity index (χ1n) is 6.72. The smallest absolute Gasteiger partial charge is 0.290 e. The average Bonchev–Trinajstić information content (AvgIpc) is 2.99. The third-order valence-electron chi connectivity index (χ3n) is 3.47. The Hall–Kier alpha value is -1.73. The number of piperidine rings is 1. The Morgan fingerprint density at radius 1 is 1.50 bits per heavy atom. The summed E-state index contributed by atoms with van der Waals surface area (Å²) >= 11 is 1.61. The van der Waals surface area contributed by atoms with Gasteiger partial charge in [0.1, 0.15) is 0 Å². The van der Waals surface area contributed by atoms with Crippen LogP contribution in [0.25, 0.3) is 0 Å². The van der Waals surface area contributed by atoms with E-state index in [2.05, 4.69) is 30.5 Å². The highest BCUT2D eigenvalue weighted by molar-refractivity contribution is 7.07. The molecule has 1 aliphatic rings. The predicted molar refractivity (Wildman–Crippen MR) is 79.0 cm³/mol. The Kier molecular flexibility index (Phi) is 4.08. The Labute approximate surface area is 120 Å². The number of aromatic nitrogens is 3. The van der Waals surface area contributed by atoms with Crippen LogP contribution in [-0.2, 0) is 6.54 Å². The highest BCUT2D eigenvalue weighted by Gasteiger charge is 2.22. The van der Waals surface area contributed by atoms with E-state index in [1.54, 1.807) is 23.7 Å². The van der Waals surface area contributed by atoms with Gasteiger partial charge < -0.3 is 15.2 Å². The van der Waals surface area contributed by atoms with Crippen molar-refractivity contribution < 1.29 is 0 Å². The quantitative estimate of drug-likeness (QED) is 0.878. The molecule has 6 nitrogen and oxygen atoms in total. The number of H-pyrrole nitrogens is 1. The maximum absolute atomic E-state index is 11.8. The molecule has 1 fully saturated rings. The molecule has 0 radical (unpaired) electrons. The number of nitrogens with one attached hydrogen (secondary N) is 2. The molecule has 0 saturated carbocycles. The van der Waals surface area contributed by atoms with Crippen LogP contribution in [0.4, 0.5) is 5.82 Å². The summed E-state index contributed by atoms with van der Waals surface area (Å²) in [7, 11) is 0. The van der Waals surface area contributed by atoms with Crippen molar-refractivity contribution in [1.82, 2.24) is 20.3 Å². The topological polar surface area (TPSA) is 73.9 Å². The molecule has 2 N–H and O–H groups in total. The van der Waals surface area contributed by atoms with Crippen molar-refractivity contribution in [3.05, 3.63) is 39.3 Å². The van der Waals surface area contributed by atoms with Crippen LogP contribution in [0.15, 0.2) is 28.1 Å². The first-order chi connectivity index (χ1) is 9.83. The zero-order chi connectivity index (χ0) is 13.8. The number of hydrogen-bond donors (Lipinski definition) is 2. The third kappa shape index (κ3) is 3.05. The fourth-order valence-electron chi connectivity index (χ4n) is 2.48. The van der Waals surface area contributed by atoms with Gasteiger partial charge in [0, 0.05) is 43.4 Å². The number of anilines is 1. The lowest BCUT2D eigenvalue weighted by molar-refractivity contribution is 0.418. The van der Waals surface area contributed by atoms with Crippen LogP contribution < -0.4 is 15.8 Å². The van der Waals surface area contributed by atoms with Gasteiger partial charge in [-0.2, -0.15) is 0 Å². The zero-order valence-electron chi connectivity index (χ0n) is 11.1. The summed E-state index contributed by atoms with van der Waals surface area (Å²) in [5.74, 6) is 0.521. The largest absolute Gasteiger partial charge is 0.350 e. The van der Waals surface area contributed by atoms with E-state index in [0.717, 1.165) is 38.2 Å². The Morgan fingerprint density at radius 2 is 2.45 bits per heavy atom. The normalized spacial score (nSPS) is 19.2. The second-order valence-corrected chi connectivity index (χ2v) is 5.61. The van der Waals surface area contributed by atoms with Gasteiger partial charge in [-0.1, -0.05) is 0 Å². The first kappa shape index (κ1) is 13.3. The van der Waals surface area contributed by atoms with Gasteiger partial charge in [-0.15, -0.1) is 11.3 Å². The van der Waals surface area contributed by atoms with Crippen molar-refractivity contribution in [2.45, 2.75) is 25.4 Å². The van der Waals surface area contributed by atoms with Crippen LogP contribution in [-0.4, -0.2) is 34.1 Å². The number of nitrogens with zero attached hydrogens (tertiary/aromatic N) is 3. The predicted octanol–water partition coefficient (Wildman–Crippen LogP) is 0.985. The van der Waals surface area contributed by atoms with Crippen molar-refractivity contribution in [1.29, 1.82) is 0 Å². The molecule has 0 bridgehead atoms. The average molecular weight is 291 g/mol. The number of aromatic amines is 1. The molecule has 3 heterocycles. The molecule has 2 aromatic heterocycles. The summed E-state index contributed by atoms with van der Waals surface area (Å²) in [4.78, 5) is 25.0. The van der Waals surface area contributed by atoms with Crippen LogP contribution in [0, 0.1) is 0 Å². The van der Waals surface area contributed by atoms with E-state index in [9.17, 15) is 4.79 Å². The summed E-state index contributed by atoms with van der Waals surface area (Å²) in [6.45, 7) is 2.47. The van der Waals surface area contributed by atoms with Gasteiger partial charge in [0.05, 0.1) is 11.2 Å². The Balaban J connectivity index is 1.62. The summed E-state index contributed by atoms with van der Waals surface area (Å²) in [6.07, 6.45) is 5.37. The highest BCUT2D eigenvalue weighted by atomic mass is 32.1. The van der Waals surface area contributed by atoms with Gasteiger partial charge in [0.2, 0.25) is 0 Å². The van der Waals surface area contributed by atoms with E-state index in [1.165, 1.54) is 0 Å². The summed E-state index contributed by atoms with van der Waals surface area (Å²) < 4.78 is 0. The Morgan fingerprint density at radius 3 is 3.25 bits per heavy atom. The number of rotatable bonds is 4. The monoisotopic (exact) mass is 291 g/mol. The van der Waals surface area contributed by atoms with Crippen LogP contribution in [0.1, 0.15) is 18.5 Å². The molecule has 0 aliphatic carbocycles. The van der Waals surface area contributed by atoms with Crippen LogP contribution >= 0.6 is 11.3 Å². The lowest BCUT2D eigenvalue weighted by Gasteiger charge is -2.33. The fraction of sp³-hybridized carbons (Fsp3) is 0.462. The molecule has 20 heavy (non-hydrogen) atoms. The lowest BCUT2D eigenvalue weighted by atomic mass is 10.1. The third-order valence-corrected chi connectivity index (χ3v) is 4.10. The molecule has 1 aliphatic heterocycles. The zero-order valence-corrected chi connectivity index (χ0v) is 11.9. The molecule has 0 amide bonds. The van der Waals surface area contributed by atoms with E-state index in [-0.39, 0.29) is 5.56 Å². The maximum atomic E-state index is 11.8. The Bertz CT molecular complexity index is 597. The molecule has 1 atom stereocenters. The van der Waals surface area contributed by atoms with Crippen molar-refractivity contribution in [3.63, 3.8) is 0 Å². The summed E-state index contributed by atoms with van der Waals surface area (Å²) in [6, 6.07) is 0.367. The standard InChI is InChI=1S/C13H17N5OS/c19-13-12(14-3-4-15-13)18-5-1-2-10(7-18)16-6-11-8-20-9-17-11/h3-4,8-10,16H,1-2,5-7H2,(H,15,19)/t10-/m1/s1. The molecule has 106 valence electrons.